The Hall–Kier alpha value is -1.26. The van der Waals surface area contributed by atoms with E-state index in [0.29, 0.717) is 35.3 Å². The van der Waals surface area contributed by atoms with Gasteiger partial charge in [0.25, 0.3) is 0 Å². The standard InChI is InChI=1S/C14H19Cl2N3O.C2H6/c1-2-3-4-14(20)19-13(17)7-8-18-10-5-6-11(15)12(16)9-10;1-2/h5-6,9,18H,2-4,7-8H2,1H3,(H2,17,19,20);1-2H3. The molecule has 0 aromatic heterocycles. The van der Waals surface area contributed by atoms with Gasteiger partial charge in [-0.05, 0) is 24.6 Å². The van der Waals surface area contributed by atoms with Gasteiger partial charge in [-0.25, -0.2) is 4.99 Å². The molecule has 0 heterocycles. The van der Waals surface area contributed by atoms with Crippen molar-refractivity contribution in [2.24, 2.45) is 10.7 Å². The molecule has 0 aliphatic heterocycles. The zero-order valence-electron chi connectivity index (χ0n) is 13.5. The molecule has 22 heavy (non-hydrogen) atoms. The molecule has 6 heteroatoms. The zero-order chi connectivity index (χ0) is 17.0. The molecule has 0 spiro atoms. The maximum Gasteiger partial charge on any atom is 0.247 e. The van der Waals surface area contributed by atoms with Crippen molar-refractivity contribution in [1.82, 2.24) is 0 Å². The Labute approximate surface area is 143 Å². The van der Waals surface area contributed by atoms with Gasteiger partial charge < -0.3 is 11.1 Å². The van der Waals surface area contributed by atoms with Crippen LogP contribution in [0.1, 0.15) is 46.5 Å². The van der Waals surface area contributed by atoms with Gasteiger partial charge in [0.2, 0.25) is 5.91 Å². The summed E-state index contributed by atoms with van der Waals surface area (Å²) in [5, 5.41) is 4.15. The third-order valence-electron chi connectivity index (χ3n) is 2.64. The zero-order valence-corrected chi connectivity index (χ0v) is 15.0. The summed E-state index contributed by atoms with van der Waals surface area (Å²) in [6.45, 7) is 6.61. The molecular formula is C16H25Cl2N3O. The van der Waals surface area contributed by atoms with Gasteiger partial charge in [-0.1, -0.05) is 50.4 Å². The van der Waals surface area contributed by atoms with E-state index in [1.165, 1.54) is 0 Å². The maximum absolute atomic E-state index is 11.4. The number of hydrogen-bond donors (Lipinski definition) is 2. The van der Waals surface area contributed by atoms with Crippen molar-refractivity contribution in [2.75, 3.05) is 11.9 Å². The third-order valence-corrected chi connectivity index (χ3v) is 3.38. The van der Waals surface area contributed by atoms with Crippen LogP contribution in [0, 0.1) is 0 Å². The van der Waals surface area contributed by atoms with E-state index < -0.39 is 0 Å². The molecular weight excluding hydrogens is 321 g/mol. The molecule has 3 N–H and O–H groups in total. The number of nitrogens with two attached hydrogens (primary N) is 1. The van der Waals surface area contributed by atoms with Crippen LogP contribution in [-0.2, 0) is 4.79 Å². The number of amidine groups is 1. The number of benzene rings is 1. The van der Waals surface area contributed by atoms with Crippen molar-refractivity contribution >= 4 is 40.6 Å². The minimum absolute atomic E-state index is 0.154. The molecule has 0 aliphatic rings. The van der Waals surface area contributed by atoms with Gasteiger partial charge in [0, 0.05) is 25.1 Å². The first-order valence-electron chi connectivity index (χ1n) is 7.57. The number of halogens is 2. The van der Waals surface area contributed by atoms with Gasteiger partial charge >= 0.3 is 0 Å². The van der Waals surface area contributed by atoms with E-state index in [-0.39, 0.29) is 5.91 Å². The average molecular weight is 346 g/mol. The Bertz CT molecular complexity index is 490. The van der Waals surface area contributed by atoms with Crippen LogP contribution in [0.3, 0.4) is 0 Å². The smallest absolute Gasteiger partial charge is 0.247 e. The summed E-state index contributed by atoms with van der Waals surface area (Å²) in [5.74, 6) is 0.192. The number of hydrogen-bond acceptors (Lipinski definition) is 2. The summed E-state index contributed by atoms with van der Waals surface area (Å²) in [6.07, 6.45) is 2.77. The van der Waals surface area contributed by atoms with Gasteiger partial charge in [-0.3, -0.25) is 4.79 Å². The van der Waals surface area contributed by atoms with Gasteiger partial charge in [0.05, 0.1) is 10.0 Å². The van der Waals surface area contributed by atoms with Gasteiger partial charge in [-0.2, -0.15) is 0 Å². The second-order valence-corrected chi connectivity index (χ2v) is 5.22. The minimum atomic E-state index is -0.154. The lowest BCUT2D eigenvalue weighted by Gasteiger charge is -2.07. The number of rotatable bonds is 7. The number of amides is 1. The molecule has 1 aromatic carbocycles. The summed E-state index contributed by atoms with van der Waals surface area (Å²) < 4.78 is 0. The van der Waals surface area contributed by atoms with Crippen LogP contribution in [0.5, 0.6) is 0 Å². The fourth-order valence-electron chi connectivity index (χ4n) is 1.54. The van der Waals surface area contributed by atoms with Gasteiger partial charge in [0.1, 0.15) is 5.84 Å². The highest BCUT2D eigenvalue weighted by Crippen LogP contribution is 2.24. The molecule has 0 saturated heterocycles. The van der Waals surface area contributed by atoms with E-state index in [1.54, 1.807) is 12.1 Å². The Morgan fingerprint density at radius 3 is 2.50 bits per heavy atom. The van der Waals surface area contributed by atoms with Crippen molar-refractivity contribution in [1.29, 1.82) is 0 Å². The highest BCUT2D eigenvalue weighted by molar-refractivity contribution is 6.42. The molecule has 0 bridgehead atoms. The predicted octanol–water partition coefficient (Wildman–Crippen LogP) is 4.90. The topological polar surface area (TPSA) is 67.5 Å². The van der Waals surface area contributed by atoms with Crippen LogP contribution < -0.4 is 11.1 Å². The van der Waals surface area contributed by atoms with E-state index >= 15 is 0 Å². The summed E-state index contributed by atoms with van der Waals surface area (Å²) in [7, 11) is 0. The number of unbranched alkanes of at least 4 members (excludes halogenated alkanes) is 1. The second-order valence-electron chi connectivity index (χ2n) is 4.41. The molecule has 0 aliphatic carbocycles. The fourth-order valence-corrected chi connectivity index (χ4v) is 1.84. The van der Waals surface area contributed by atoms with Crippen molar-refractivity contribution in [3.05, 3.63) is 28.2 Å². The van der Waals surface area contributed by atoms with Crippen molar-refractivity contribution in [3.63, 3.8) is 0 Å². The largest absolute Gasteiger partial charge is 0.387 e. The first-order chi connectivity index (χ1) is 10.5. The first kappa shape index (κ1) is 20.7. The normalized spacial score (nSPS) is 10.7. The second kappa shape index (κ2) is 12.3. The van der Waals surface area contributed by atoms with Crippen molar-refractivity contribution < 1.29 is 4.79 Å². The summed E-state index contributed by atoms with van der Waals surface area (Å²) in [5.41, 5.74) is 6.56. The Balaban J connectivity index is 0.00000211. The highest BCUT2D eigenvalue weighted by atomic mass is 35.5. The lowest BCUT2D eigenvalue weighted by molar-refractivity contribution is -0.117. The van der Waals surface area contributed by atoms with Crippen LogP contribution in [0.2, 0.25) is 10.0 Å². The van der Waals surface area contributed by atoms with E-state index in [1.807, 2.05) is 26.8 Å². The quantitative estimate of drug-likeness (QED) is 0.545. The molecule has 0 fully saturated rings. The minimum Gasteiger partial charge on any atom is -0.387 e. The van der Waals surface area contributed by atoms with Crippen LogP contribution >= 0.6 is 23.2 Å². The Kier molecular flexibility index (Phi) is 11.6. The van der Waals surface area contributed by atoms with Gasteiger partial charge in [0.15, 0.2) is 0 Å². The molecule has 1 rings (SSSR count). The lowest BCUT2D eigenvalue weighted by Crippen LogP contribution is -2.18. The molecule has 4 nitrogen and oxygen atoms in total. The van der Waals surface area contributed by atoms with E-state index in [2.05, 4.69) is 10.3 Å². The van der Waals surface area contributed by atoms with Crippen LogP contribution in [-0.4, -0.2) is 18.3 Å². The average Bonchev–Trinajstić information content (AvgIpc) is 2.50. The van der Waals surface area contributed by atoms with Crippen LogP contribution in [0.25, 0.3) is 0 Å². The number of carbonyl (C=O) groups excluding carboxylic acids is 1. The Morgan fingerprint density at radius 2 is 1.91 bits per heavy atom. The van der Waals surface area contributed by atoms with E-state index in [9.17, 15) is 4.79 Å². The lowest BCUT2D eigenvalue weighted by atomic mass is 10.2. The third kappa shape index (κ3) is 8.90. The van der Waals surface area contributed by atoms with Crippen molar-refractivity contribution in [3.8, 4) is 0 Å². The Morgan fingerprint density at radius 1 is 1.23 bits per heavy atom. The number of carbonyl (C=O) groups is 1. The van der Waals surface area contributed by atoms with E-state index in [4.69, 9.17) is 28.9 Å². The summed E-state index contributed by atoms with van der Waals surface area (Å²) in [6, 6.07) is 5.29. The molecule has 1 amide bonds. The molecule has 1 aromatic rings. The summed E-state index contributed by atoms with van der Waals surface area (Å²) >= 11 is 11.7. The molecule has 0 saturated carbocycles. The number of anilines is 1. The maximum atomic E-state index is 11.4. The SMILES string of the molecule is CC.CCCCC(=O)N=C(N)CCNc1ccc(Cl)c(Cl)c1. The predicted molar refractivity (Wildman–Crippen MR) is 97.1 cm³/mol. The van der Waals surface area contributed by atoms with Gasteiger partial charge in [-0.15, -0.1) is 0 Å². The number of nitrogens with one attached hydrogen (secondary N) is 1. The summed E-state index contributed by atoms with van der Waals surface area (Å²) in [4.78, 5) is 15.3. The monoisotopic (exact) mass is 345 g/mol. The molecule has 0 unspecified atom stereocenters. The number of aliphatic imine (C=N–C) groups is 1. The van der Waals surface area contributed by atoms with E-state index in [0.717, 1.165) is 18.5 Å². The van der Waals surface area contributed by atoms with Crippen LogP contribution in [0.15, 0.2) is 23.2 Å². The fraction of sp³-hybridized carbons (Fsp3) is 0.500. The van der Waals surface area contributed by atoms with Crippen LogP contribution in [0.4, 0.5) is 5.69 Å². The molecule has 0 radical (unpaired) electrons. The van der Waals surface area contributed by atoms with Crippen molar-refractivity contribution in [2.45, 2.75) is 46.5 Å². The number of nitrogens with zero attached hydrogens (tertiary/aromatic N) is 1. The molecule has 124 valence electrons. The first-order valence-corrected chi connectivity index (χ1v) is 8.33. The highest BCUT2D eigenvalue weighted by Gasteiger charge is 2.02. The molecule has 0 atom stereocenters.